The van der Waals surface area contributed by atoms with E-state index in [1.165, 1.54) is 23.5 Å². The topological polar surface area (TPSA) is 103 Å². The van der Waals surface area contributed by atoms with Crippen LogP contribution in [0.2, 0.25) is 0 Å². The van der Waals surface area contributed by atoms with Crippen LogP contribution in [0.3, 0.4) is 0 Å². The SMILES string of the molecule is O=C(CCC1C(=O)N=C2c3ccccc3N=C(SCC(=O)Nc3cccc(C(F)(F)F)c3)N21)NCc1cccs1. The molecule has 3 heterocycles. The molecule has 206 valence electrons. The first-order valence-electron chi connectivity index (χ1n) is 12.2. The predicted octanol–water partition coefficient (Wildman–Crippen LogP) is 5.19. The fourth-order valence-electron chi connectivity index (χ4n) is 4.23. The Morgan fingerprint density at radius 1 is 1.02 bits per heavy atom. The summed E-state index contributed by atoms with van der Waals surface area (Å²) in [7, 11) is 0. The van der Waals surface area contributed by atoms with E-state index in [1.807, 2.05) is 17.5 Å². The highest BCUT2D eigenvalue weighted by molar-refractivity contribution is 8.14. The largest absolute Gasteiger partial charge is 0.416 e. The van der Waals surface area contributed by atoms with Crippen molar-refractivity contribution in [2.24, 2.45) is 9.98 Å². The van der Waals surface area contributed by atoms with E-state index in [9.17, 15) is 27.6 Å². The summed E-state index contributed by atoms with van der Waals surface area (Å²) in [6.07, 6.45) is -4.27. The number of anilines is 1. The van der Waals surface area contributed by atoms with Gasteiger partial charge in [-0.2, -0.15) is 18.2 Å². The zero-order valence-electron chi connectivity index (χ0n) is 20.8. The highest BCUT2D eigenvalue weighted by atomic mass is 32.2. The molecule has 0 radical (unpaired) electrons. The van der Waals surface area contributed by atoms with E-state index in [0.717, 1.165) is 28.8 Å². The van der Waals surface area contributed by atoms with E-state index in [0.29, 0.717) is 28.8 Å². The minimum atomic E-state index is -4.53. The number of benzene rings is 2. The average Bonchev–Trinajstić information content (AvgIpc) is 3.57. The molecule has 1 aromatic heterocycles. The quantitative estimate of drug-likeness (QED) is 0.379. The van der Waals surface area contributed by atoms with Crippen molar-refractivity contribution in [3.8, 4) is 0 Å². The first-order chi connectivity index (χ1) is 19.2. The van der Waals surface area contributed by atoms with Gasteiger partial charge < -0.3 is 10.6 Å². The Balaban J connectivity index is 1.27. The maximum atomic E-state index is 13.0. The van der Waals surface area contributed by atoms with Gasteiger partial charge in [0.15, 0.2) is 5.17 Å². The molecule has 2 aromatic carbocycles. The second-order valence-electron chi connectivity index (χ2n) is 8.88. The number of amides is 3. The molecule has 2 aliphatic rings. The molecule has 0 saturated carbocycles. The maximum absolute atomic E-state index is 13.0. The van der Waals surface area contributed by atoms with E-state index < -0.39 is 29.6 Å². The number of carbonyl (C=O) groups excluding carboxylic acids is 3. The van der Waals surface area contributed by atoms with Crippen molar-refractivity contribution >= 4 is 63.2 Å². The third-order valence-electron chi connectivity index (χ3n) is 6.10. The molecule has 13 heteroatoms. The molecule has 1 unspecified atom stereocenters. The van der Waals surface area contributed by atoms with Crippen LogP contribution >= 0.6 is 23.1 Å². The normalized spacial score (nSPS) is 16.1. The van der Waals surface area contributed by atoms with Gasteiger partial charge >= 0.3 is 6.18 Å². The second kappa shape index (κ2) is 11.6. The van der Waals surface area contributed by atoms with Crippen LogP contribution in [0.5, 0.6) is 0 Å². The number of para-hydroxylation sites is 1. The number of alkyl halides is 3. The van der Waals surface area contributed by atoms with Crippen LogP contribution in [-0.2, 0) is 27.1 Å². The Kier molecular flexibility index (Phi) is 8.03. The third-order valence-corrected chi connectivity index (χ3v) is 7.93. The molecule has 0 bridgehead atoms. The number of fused-ring (bicyclic) bond motifs is 3. The molecule has 3 amide bonds. The number of carbonyl (C=O) groups is 3. The number of aliphatic imine (C=N–C) groups is 2. The summed E-state index contributed by atoms with van der Waals surface area (Å²) in [5.74, 6) is -0.957. The van der Waals surface area contributed by atoms with Crippen molar-refractivity contribution < 1.29 is 27.6 Å². The molecular weight excluding hydrogens is 563 g/mol. The van der Waals surface area contributed by atoms with Crippen LogP contribution in [0.25, 0.3) is 0 Å². The van der Waals surface area contributed by atoms with Crippen molar-refractivity contribution in [2.75, 3.05) is 11.1 Å². The van der Waals surface area contributed by atoms with Crippen molar-refractivity contribution in [2.45, 2.75) is 31.6 Å². The minimum absolute atomic E-state index is 0.0152. The van der Waals surface area contributed by atoms with Gasteiger partial charge in [-0.3, -0.25) is 19.3 Å². The first-order valence-corrected chi connectivity index (χ1v) is 14.0. The van der Waals surface area contributed by atoms with E-state index in [2.05, 4.69) is 20.6 Å². The molecular formula is C27H22F3N5O3S2. The summed E-state index contributed by atoms with van der Waals surface area (Å²) in [5, 5.41) is 7.58. The van der Waals surface area contributed by atoms with Crippen molar-refractivity contribution in [1.82, 2.24) is 10.2 Å². The van der Waals surface area contributed by atoms with Crippen LogP contribution in [0, 0.1) is 0 Å². The number of nitrogens with zero attached hydrogens (tertiary/aromatic N) is 3. The Bertz CT molecular complexity index is 1510. The van der Waals surface area contributed by atoms with Crippen LogP contribution < -0.4 is 10.6 Å². The fourth-order valence-corrected chi connectivity index (χ4v) is 5.72. The van der Waals surface area contributed by atoms with Gasteiger partial charge in [-0.05, 0) is 48.2 Å². The van der Waals surface area contributed by atoms with Crippen LogP contribution in [0.4, 0.5) is 24.5 Å². The van der Waals surface area contributed by atoms with Crippen LogP contribution in [0.15, 0.2) is 76.0 Å². The van der Waals surface area contributed by atoms with Gasteiger partial charge in [0.2, 0.25) is 11.8 Å². The average molecular weight is 586 g/mol. The molecule has 0 spiro atoms. The predicted molar refractivity (Wildman–Crippen MR) is 149 cm³/mol. The smallest absolute Gasteiger partial charge is 0.351 e. The van der Waals surface area contributed by atoms with Crippen LogP contribution in [-0.4, -0.2) is 45.4 Å². The highest BCUT2D eigenvalue weighted by Crippen LogP contribution is 2.35. The lowest BCUT2D eigenvalue weighted by Crippen LogP contribution is -2.44. The van der Waals surface area contributed by atoms with Gasteiger partial charge in [0.1, 0.15) is 11.9 Å². The second-order valence-corrected chi connectivity index (χ2v) is 10.9. The zero-order chi connectivity index (χ0) is 28.3. The monoisotopic (exact) mass is 585 g/mol. The maximum Gasteiger partial charge on any atom is 0.416 e. The van der Waals surface area contributed by atoms with Gasteiger partial charge in [-0.25, -0.2) is 4.99 Å². The van der Waals surface area contributed by atoms with E-state index in [1.54, 1.807) is 29.2 Å². The molecule has 2 N–H and O–H groups in total. The van der Waals surface area contributed by atoms with Gasteiger partial charge in [0.05, 0.1) is 23.5 Å². The van der Waals surface area contributed by atoms with E-state index >= 15 is 0 Å². The summed E-state index contributed by atoms with van der Waals surface area (Å²) in [4.78, 5) is 49.6. The minimum Gasteiger partial charge on any atom is -0.351 e. The Hall–Kier alpha value is -3.97. The molecule has 40 heavy (non-hydrogen) atoms. The van der Waals surface area contributed by atoms with Crippen molar-refractivity contribution in [3.63, 3.8) is 0 Å². The number of nitrogens with one attached hydrogen (secondary N) is 2. The molecule has 3 aromatic rings. The van der Waals surface area contributed by atoms with Gasteiger partial charge in [-0.15, -0.1) is 11.3 Å². The molecule has 0 saturated heterocycles. The molecule has 5 rings (SSSR count). The van der Waals surface area contributed by atoms with Gasteiger partial charge in [0, 0.05) is 22.5 Å². The molecule has 2 aliphatic heterocycles. The van der Waals surface area contributed by atoms with Crippen molar-refractivity contribution in [3.05, 3.63) is 82.0 Å². The number of thiophene rings is 1. The molecule has 0 fully saturated rings. The lowest BCUT2D eigenvalue weighted by molar-refractivity contribution is -0.137. The summed E-state index contributed by atoms with van der Waals surface area (Å²) >= 11 is 2.56. The van der Waals surface area contributed by atoms with Crippen LogP contribution in [0.1, 0.15) is 28.8 Å². The number of halogens is 3. The number of thioether (sulfide) groups is 1. The Labute approximate surface area is 235 Å². The summed E-state index contributed by atoms with van der Waals surface area (Å²) < 4.78 is 39.1. The summed E-state index contributed by atoms with van der Waals surface area (Å²) in [5.41, 5.74) is 0.366. The number of amidine groups is 2. The summed E-state index contributed by atoms with van der Waals surface area (Å²) in [6.45, 7) is 0.400. The lowest BCUT2D eigenvalue weighted by atomic mass is 10.1. The first kappa shape index (κ1) is 27.6. The van der Waals surface area contributed by atoms with Crippen molar-refractivity contribution in [1.29, 1.82) is 0 Å². The summed E-state index contributed by atoms with van der Waals surface area (Å²) in [6, 6.07) is 14.5. The standard InChI is InChI=1S/C27H22F3N5O3S2/c28-27(29,30)16-5-3-6-17(13-16)32-23(37)15-40-26-33-20-9-2-1-8-19(20)24-34-25(38)21(35(24)26)10-11-22(36)31-14-18-7-4-12-39-18/h1-9,12-13,21H,10-11,14-15H2,(H,31,36)(H,32,37). The third kappa shape index (κ3) is 6.26. The van der Waals surface area contributed by atoms with E-state index in [-0.39, 0.29) is 30.2 Å². The molecule has 8 nitrogen and oxygen atoms in total. The number of hydrogen-bond donors (Lipinski definition) is 2. The van der Waals surface area contributed by atoms with Gasteiger partial charge in [-0.1, -0.05) is 36.0 Å². The zero-order valence-corrected chi connectivity index (χ0v) is 22.4. The highest BCUT2D eigenvalue weighted by Gasteiger charge is 2.41. The van der Waals surface area contributed by atoms with Gasteiger partial charge in [0.25, 0.3) is 5.91 Å². The fraction of sp³-hybridized carbons (Fsp3) is 0.222. The van der Waals surface area contributed by atoms with E-state index in [4.69, 9.17) is 0 Å². The Morgan fingerprint density at radius 2 is 1.85 bits per heavy atom. The number of hydrogen-bond acceptors (Lipinski definition) is 7. The molecule has 0 aliphatic carbocycles. The lowest BCUT2D eigenvalue weighted by Gasteiger charge is -2.31. The number of rotatable bonds is 8. The Morgan fingerprint density at radius 3 is 2.62 bits per heavy atom. The molecule has 1 atom stereocenters.